The summed E-state index contributed by atoms with van der Waals surface area (Å²) < 4.78 is 5.60. The van der Waals surface area contributed by atoms with Crippen molar-refractivity contribution in [3.05, 3.63) is 52.3 Å². The van der Waals surface area contributed by atoms with Crippen LogP contribution in [0.1, 0.15) is 50.6 Å². The summed E-state index contributed by atoms with van der Waals surface area (Å²) in [4.78, 5) is 26.2. The normalized spacial score (nSPS) is 17.8. The first-order chi connectivity index (χ1) is 11.5. The average Bonchev–Trinajstić information content (AvgIpc) is 2.93. The molecule has 1 aromatic heterocycles. The lowest BCUT2D eigenvalue weighted by molar-refractivity contribution is -0.00301. The van der Waals surface area contributed by atoms with Crippen LogP contribution in [0.3, 0.4) is 0 Å². The molecule has 0 saturated carbocycles. The Balaban J connectivity index is 1.90. The van der Waals surface area contributed by atoms with E-state index >= 15 is 0 Å². The largest absolute Gasteiger partial charge is 0.377 e. The number of hydrogen-bond donors (Lipinski definition) is 1. The number of ether oxygens (including phenoxy) is 1. The van der Waals surface area contributed by atoms with Crippen LogP contribution in [0.5, 0.6) is 0 Å². The van der Waals surface area contributed by atoms with Crippen LogP contribution in [0, 0.1) is 13.8 Å². The van der Waals surface area contributed by atoms with Crippen LogP contribution < -0.4 is 0 Å². The van der Waals surface area contributed by atoms with Gasteiger partial charge in [-0.15, -0.1) is 0 Å². The average molecular weight is 327 g/mol. The van der Waals surface area contributed by atoms with Crippen LogP contribution in [0.2, 0.25) is 0 Å². The first-order valence-corrected chi connectivity index (χ1v) is 8.00. The van der Waals surface area contributed by atoms with Gasteiger partial charge in [0.15, 0.2) is 5.78 Å². The summed E-state index contributed by atoms with van der Waals surface area (Å²) in [5.74, 6) is -0.0682. The van der Waals surface area contributed by atoms with E-state index in [0.29, 0.717) is 30.9 Å². The zero-order valence-corrected chi connectivity index (χ0v) is 14.1. The van der Waals surface area contributed by atoms with Gasteiger partial charge in [-0.2, -0.15) is 5.10 Å². The summed E-state index contributed by atoms with van der Waals surface area (Å²) in [5, 5.41) is 7.21. The van der Waals surface area contributed by atoms with Gasteiger partial charge in [0, 0.05) is 28.9 Å². The number of benzene rings is 1. The molecule has 2 aromatic rings. The van der Waals surface area contributed by atoms with Gasteiger partial charge in [0.05, 0.1) is 24.9 Å². The molecular weight excluding hydrogens is 306 g/mol. The maximum absolute atomic E-state index is 13.0. The van der Waals surface area contributed by atoms with E-state index in [0.717, 1.165) is 17.0 Å². The highest BCUT2D eigenvalue weighted by Gasteiger charge is 2.32. The fraction of sp³-hybridized carbons (Fsp3) is 0.389. The molecule has 1 aliphatic heterocycles. The fourth-order valence-electron chi connectivity index (χ4n) is 3.15. The van der Waals surface area contributed by atoms with Crippen LogP contribution in [0.4, 0.5) is 0 Å². The Hall–Kier alpha value is -2.47. The molecule has 6 heteroatoms. The highest BCUT2D eigenvalue weighted by atomic mass is 16.5. The topological polar surface area (TPSA) is 75.3 Å². The van der Waals surface area contributed by atoms with Gasteiger partial charge in [0.25, 0.3) is 5.91 Å². The number of aromatic nitrogens is 2. The molecule has 1 aromatic carbocycles. The molecule has 1 amide bonds. The second-order valence-corrected chi connectivity index (χ2v) is 6.07. The minimum Gasteiger partial charge on any atom is -0.377 e. The lowest BCUT2D eigenvalue weighted by Crippen LogP contribution is -2.43. The van der Waals surface area contributed by atoms with E-state index in [1.54, 1.807) is 24.3 Å². The summed E-state index contributed by atoms with van der Waals surface area (Å²) in [6.07, 6.45) is 0. The van der Waals surface area contributed by atoms with Crippen LogP contribution >= 0.6 is 0 Å². The lowest BCUT2D eigenvalue weighted by Gasteiger charge is -2.36. The van der Waals surface area contributed by atoms with Crippen molar-refractivity contribution in [2.45, 2.75) is 26.8 Å². The summed E-state index contributed by atoms with van der Waals surface area (Å²) in [6.45, 7) is 6.90. The first-order valence-electron chi connectivity index (χ1n) is 8.00. The molecular formula is C18H21N3O3. The predicted octanol–water partition coefficient (Wildman–Crippen LogP) is 2.44. The Bertz CT molecular complexity index is 745. The monoisotopic (exact) mass is 327 g/mol. The van der Waals surface area contributed by atoms with E-state index < -0.39 is 0 Å². The molecule has 1 N–H and O–H groups in total. The maximum Gasteiger partial charge on any atom is 0.254 e. The SMILES string of the molecule is CC(=O)c1ccc(C(=O)N2CCOC[C@H]2c2c(C)n[nH]c2C)cc1. The van der Waals surface area contributed by atoms with Gasteiger partial charge >= 0.3 is 0 Å². The van der Waals surface area contributed by atoms with Crippen LogP contribution in [-0.2, 0) is 4.74 Å². The van der Waals surface area contributed by atoms with Gasteiger partial charge in [-0.1, -0.05) is 12.1 Å². The number of aryl methyl sites for hydroxylation is 2. The molecule has 1 fully saturated rings. The number of nitrogens with one attached hydrogen (secondary N) is 1. The summed E-state index contributed by atoms with van der Waals surface area (Å²) in [7, 11) is 0. The van der Waals surface area contributed by atoms with Gasteiger partial charge in [-0.05, 0) is 32.9 Å². The van der Waals surface area contributed by atoms with Crippen molar-refractivity contribution in [1.82, 2.24) is 15.1 Å². The second-order valence-electron chi connectivity index (χ2n) is 6.07. The zero-order chi connectivity index (χ0) is 17.3. The third kappa shape index (κ3) is 2.97. The number of Topliss-reactive ketones (excluding diaryl/α,β-unsaturated/α-hetero) is 1. The first kappa shape index (κ1) is 16.4. The van der Waals surface area contributed by atoms with E-state index in [2.05, 4.69) is 10.2 Å². The molecule has 0 aliphatic carbocycles. The maximum atomic E-state index is 13.0. The molecule has 3 rings (SSSR count). The third-order valence-corrected chi connectivity index (χ3v) is 4.45. The predicted molar refractivity (Wildman–Crippen MR) is 89.1 cm³/mol. The number of hydrogen-bond acceptors (Lipinski definition) is 4. The smallest absolute Gasteiger partial charge is 0.254 e. The molecule has 1 saturated heterocycles. The number of morpholine rings is 1. The Morgan fingerprint density at radius 1 is 1.21 bits per heavy atom. The molecule has 6 nitrogen and oxygen atoms in total. The zero-order valence-electron chi connectivity index (χ0n) is 14.1. The van der Waals surface area contributed by atoms with Crippen molar-refractivity contribution in [3.8, 4) is 0 Å². The Labute approximate surface area is 140 Å². The second kappa shape index (κ2) is 6.57. The highest BCUT2D eigenvalue weighted by Crippen LogP contribution is 2.29. The molecule has 0 spiro atoms. The lowest BCUT2D eigenvalue weighted by atomic mass is 10.0. The van der Waals surface area contributed by atoms with Crippen molar-refractivity contribution in [3.63, 3.8) is 0 Å². The number of amides is 1. The van der Waals surface area contributed by atoms with Crippen molar-refractivity contribution < 1.29 is 14.3 Å². The van der Waals surface area contributed by atoms with Gasteiger partial charge in [-0.3, -0.25) is 14.7 Å². The molecule has 24 heavy (non-hydrogen) atoms. The molecule has 1 atom stereocenters. The Kier molecular flexibility index (Phi) is 4.49. The number of rotatable bonds is 3. The van der Waals surface area contributed by atoms with Crippen LogP contribution in [0.25, 0.3) is 0 Å². The molecule has 0 bridgehead atoms. The van der Waals surface area contributed by atoms with Gasteiger partial charge in [0.2, 0.25) is 0 Å². The van der Waals surface area contributed by atoms with E-state index in [-0.39, 0.29) is 17.7 Å². The number of H-pyrrole nitrogens is 1. The van der Waals surface area contributed by atoms with E-state index in [1.807, 2.05) is 18.7 Å². The molecule has 126 valence electrons. The minimum atomic E-state index is -0.155. The molecule has 2 heterocycles. The van der Waals surface area contributed by atoms with Crippen LogP contribution in [-0.4, -0.2) is 46.5 Å². The quantitative estimate of drug-likeness (QED) is 0.879. The number of aromatic amines is 1. The van der Waals surface area contributed by atoms with E-state index in [4.69, 9.17) is 4.74 Å². The van der Waals surface area contributed by atoms with Crippen molar-refractivity contribution in [1.29, 1.82) is 0 Å². The fourth-order valence-corrected chi connectivity index (χ4v) is 3.15. The number of nitrogens with zero attached hydrogens (tertiary/aromatic N) is 2. The van der Waals surface area contributed by atoms with Crippen molar-refractivity contribution >= 4 is 11.7 Å². The summed E-state index contributed by atoms with van der Waals surface area (Å²) >= 11 is 0. The minimum absolute atomic E-state index is 0.0112. The number of ketones is 1. The van der Waals surface area contributed by atoms with Gasteiger partial charge < -0.3 is 9.64 Å². The Morgan fingerprint density at radius 2 is 1.88 bits per heavy atom. The van der Waals surface area contributed by atoms with Gasteiger partial charge in [0.1, 0.15) is 0 Å². The molecule has 1 aliphatic rings. The van der Waals surface area contributed by atoms with Crippen LogP contribution in [0.15, 0.2) is 24.3 Å². The molecule has 0 unspecified atom stereocenters. The summed E-state index contributed by atoms with van der Waals surface area (Å²) in [5.41, 5.74) is 4.03. The third-order valence-electron chi connectivity index (χ3n) is 4.45. The number of carbonyl (C=O) groups excluding carboxylic acids is 2. The van der Waals surface area contributed by atoms with Crippen molar-refractivity contribution in [2.75, 3.05) is 19.8 Å². The Morgan fingerprint density at radius 3 is 2.46 bits per heavy atom. The van der Waals surface area contributed by atoms with E-state index in [9.17, 15) is 9.59 Å². The highest BCUT2D eigenvalue weighted by molar-refractivity contribution is 5.98. The van der Waals surface area contributed by atoms with Gasteiger partial charge in [-0.25, -0.2) is 0 Å². The number of carbonyl (C=O) groups is 2. The standard InChI is InChI=1S/C18H21N3O3/c1-11-17(12(2)20-19-11)16-10-24-9-8-21(16)18(23)15-6-4-14(5-7-15)13(3)22/h4-7,16H,8-10H2,1-3H3,(H,19,20)/t16-/m0/s1. The van der Waals surface area contributed by atoms with Crippen molar-refractivity contribution in [2.24, 2.45) is 0 Å². The molecule has 0 radical (unpaired) electrons. The van der Waals surface area contributed by atoms with E-state index in [1.165, 1.54) is 6.92 Å². The summed E-state index contributed by atoms with van der Waals surface area (Å²) in [6, 6.07) is 6.65.